The number of nitrogens with zero attached hydrogens (tertiary/aromatic N) is 3. The summed E-state index contributed by atoms with van der Waals surface area (Å²) in [6, 6.07) is 11.1. The number of anilines is 1. The molecule has 7 heteroatoms. The number of benzene rings is 1. The van der Waals surface area contributed by atoms with Crippen molar-refractivity contribution < 1.29 is 9.59 Å². The second-order valence-corrected chi connectivity index (χ2v) is 6.64. The Morgan fingerprint density at radius 1 is 1.12 bits per heavy atom. The summed E-state index contributed by atoms with van der Waals surface area (Å²) in [7, 11) is 5.04. The molecule has 2 aromatic rings. The van der Waals surface area contributed by atoms with Crippen LogP contribution < -0.4 is 5.32 Å². The minimum absolute atomic E-state index is 0.210. The SMILES string of the molecule is CSc1ccc(CN(C)C(=O)Nc2ccnc(C(=O)N(C)C)c2)cc1. The van der Waals surface area contributed by atoms with Crippen LogP contribution in [0.2, 0.25) is 0 Å². The molecule has 1 heterocycles. The van der Waals surface area contributed by atoms with Crippen LogP contribution in [0.5, 0.6) is 0 Å². The number of aromatic nitrogens is 1. The van der Waals surface area contributed by atoms with Crippen LogP contribution >= 0.6 is 11.8 Å². The number of hydrogen-bond donors (Lipinski definition) is 1. The lowest BCUT2D eigenvalue weighted by molar-refractivity contribution is 0.0822. The van der Waals surface area contributed by atoms with Gasteiger partial charge in [0.15, 0.2) is 0 Å². The van der Waals surface area contributed by atoms with Gasteiger partial charge < -0.3 is 15.1 Å². The zero-order valence-electron chi connectivity index (χ0n) is 14.8. The average molecular weight is 358 g/mol. The molecule has 3 amide bonds. The van der Waals surface area contributed by atoms with Gasteiger partial charge in [-0.25, -0.2) is 4.79 Å². The Bertz CT molecular complexity index is 747. The summed E-state index contributed by atoms with van der Waals surface area (Å²) in [4.78, 5) is 32.6. The molecule has 0 bridgehead atoms. The van der Waals surface area contributed by atoms with Gasteiger partial charge >= 0.3 is 6.03 Å². The molecule has 0 saturated carbocycles. The molecule has 0 atom stereocenters. The Morgan fingerprint density at radius 3 is 2.40 bits per heavy atom. The van der Waals surface area contributed by atoms with Gasteiger partial charge in [0.05, 0.1) is 0 Å². The summed E-state index contributed by atoms with van der Waals surface area (Å²) < 4.78 is 0. The van der Waals surface area contributed by atoms with Gasteiger partial charge in [-0.3, -0.25) is 9.78 Å². The Kier molecular flexibility index (Phi) is 6.41. The summed E-state index contributed by atoms with van der Waals surface area (Å²) in [5.74, 6) is -0.210. The maximum atomic E-state index is 12.3. The van der Waals surface area contributed by atoms with E-state index in [1.807, 2.05) is 30.5 Å². The van der Waals surface area contributed by atoms with E-state index in [-0.39, 0.29) is 17.6 Å². The first kappa shape index (κ1) is 18.8. The van der Waals surface area contributed by atoms with Crippen molar-refractivity contribution in [3.8, 4) is 0 Å². The highest BCUT2D eigenvalue weighted by Crippen LogP contribution is 2.16. The van der Waals surface area contributed by atoms with Gasteiger partial charge in [-0.2, -0.15) is 0 Å². The first-order valence-corrected chi connectivity index (χ1v) is 8.96. The number of urea groups is 1. The minimum Gasteiger partial charge on any atom is -0.343 e. The second-order valence-electron chi connectivity index (χ2n) is 5.76. The number of pyridine rings is 1. The largest absolute Gasteiger partial charge is 0.343 e. The Balaban J connectivity index is 2.00. The van der Waals surface area contributed by atoms with Crippen molar-refractivity contribution in [1.29, 1.82) is 0 Å². The van der Waals surface area contributed by atoms with E-state index < -0.39 is 0 Å². The molecule has 0 aliphatic heterocycles. The van der Waals surface area contributed by atoms with Gasteiger partial charge in [0.25, 0.3) is 5.91 Å². The highest BCUT2D eigenvalue weighted by atomic mass is 32.2. The fourth-order valence-electron chi connectivity index (χ4n) is 2.15. The highest BCUT2D eigenvalue weighted by Gasteiger charge is 2.13. The number of hydrogen-bond acceptors (Lipinski definition) is 4. The van der Waals surface area contributed by atoms with Gasteiger partial charge in [-0.05, 0) is 36.1 Å². The lowest BCUT2D eigenvalue weighted by atomic mass is 10.2. The Morgan fingerprint density at radius 2 is 1.80 bits per heavy atom. The van der Waals surface area contributed by atoms with Crippen molar-refractivity contribution in [3.05, 3.63) is 53.9 Å². The second kappa shape index (κ2) is 8.53. The molecular weight excluding hydrogens is 336 g/mol. The lowest BCUT2D eigenvalue weighted by Gasteiger charge is -2.18. The third-order valence-electron chi connectivity index (χ3n) is 3.56. The normalized spacial score (nSPS) is 10.2. The van der Waals surface area contributed by atoms with Crippen molar-refractivity contribution >= 4 is 29.4 Å². The molecule has 0 radical (unpaired) electrons. The van der Waals surface area contributed by atoms with Gasteiger partial charge in [0, 0.05) is 44.5 Å². The molecule has 0 aliphatic carbocycles. The Labute approximate surface area is 152 Å². The van der Waals surface area contributed by atoms with E-state index in [2.05, 4.69) is 10.3 Å². The number of nitrogens with one attached hydrogen (secondary N) is 1. The zero-order chi connectivity index (χ0) is 18.4. The summed E-state index contributed by atoms with van der Waals surface area (Å²) in [6.45, 7) is 0.495. The predicted octanol–water partition coefficient (Wildman–Crippen LogP) is 3.17. The van der Waals surface area contributed by atoms with E-state index in [0.29, 0.717) is 12.2 Å². The fourth-order valence-corrected chi connectivity index (χ4v) is 2.56. The van der Waals surface area contributed by atoms with E-state index in [0.717, 1.165) is 5.56 Å². The highest BCUT2D eigenvalue weighted by molar-refractivity contribution is 7.98. The first-order chi connectivity index (χ1) is 11.9. The van der Waals surface area contributed by atoms with Crippen LogP contribution in [0.1, 0.15) is 16.1 Å². The van der Waals surface area contributed by atoms with Crippen molar-refractivity contribution in [2.24, 2.45) is 0 Å². The third kappa shape index (κ3) is 5.22. The molecule has 0 spiro atoms. The number of amides is 3. The van der Waals surface area contributed by atoms with Crippen LogP contribution in [0.15, 0.2) is 47.5 Å². The van der Waals surface area contributed by atoms with Crippen LogP contribution in [-0.4, -0.2) is 54.1 Å². The summed E-state index contributed by atoms with van der Waals surface area (Å²) in [5.41, 5.74) is 1.88. The molecule has 1 aromatic heterocycles. The van der Waals surface area contributed by atoms with E-state index in [1.165, 1.54) is 16.0 Å². The van der Waals surface area contributed by atoms with E-state index in [4.69, 9.17) is 0 Å². The van der Waals surface area contributed by atoms with Crippen LogP contribution in [0.25, 0.3) is 0 Å². The topological polar surface area (TPSA) is 65.5 Å². The molecule has 0 fully saturated rings. The molecule has 0 aliphatic rings. The number of carbonyl (C=O) groups is 2. The molecule has 1 aromatic carbocycles. The number of thioether (sulfide) groups is 1. The summed E-state index contributed by atoms with van der Waals surface area (Å²) in [5, 5.41) is 2.79. The maximum Gasteiger partial charge on any atom is 0.321 e. The molecule has 0 saturated heterocycles. The van der Waals surface area contributed by atoms with Crippen LogP contribution in [-0.2, 0) is 6.54 Å². The van der Waals surface area contributed by atoms with Crippen LogP contribution in [0.4, 0.5) is 10.5 Å². The number of carbonyl (C=O) groups excluding carboxylic acids is 2. The monoisotopic (exact) mass is 358 g/mol. The summed E-state index contributed by atoms with van der Waals surface area (Å²) >= 11 is 1.68. The van der Waals surface area contributed by atoms with Gasteiger partial charge in [0.2, 0.25) is 0 Å². The molecule has 25 heavy (non-hydrogen) atoms. The first-order valence-electron chi connectivity index (χ1n) is 7.73. The van der Waals surface area contributed by atoms with Crippen molar-refractivity contribution in [1.82, 2.24) is 14.8 Å². The maximum absolute atomic E-state index is 12.3. The molecule has 2 rings (SSSR count). The van der Waals surface area contributed by atoms with E-state index >= 15 is 0 Å². The van der Waals surface area contributed by atoms with Crippen molar-refractivity contribution in [2.75, 3.05) is 32.7 Å². The smallest absolute Gasteiger partial charge is 0.321 e. The lowest BCUT2D eigenvalue weighted by Crippen LogP contribution is -2.31. The Hall–Kier alpha value is -2.54. The van der Waals surface area contributed by atoms with Gasteiger partial charge in [0.1, 0.15) is 5.69 Å². The molecule has 0 unspecified atom stereocenters. The fraction of sp³-hybridized carbons (Fsp3) is 0.278. The van der Waals surface area contributed by atoms with Crippen molar-refractivity contribution in [3.63, 3.8) is 0 Å². The molecule has 132 valence electrons. The summed E-state index contributed by atoms with van der Waals surface area (Å²) in [6.07, 6.45) is 3.53. The van der Waals surface area contributed by atoms with Gasteiger partial charge in [-0.1, -0.05) is 12.1 Å². The van der Waals surface area contributed by atoms with E-state index in [1.54, 1.807) is 49.9 Å². The van der Waals surface area contributed by atoms with Gasteiger partial charge in [-0.15, -0.1) is 11.8 Å². The molecular formula is C18H22N4O2S. The number of rotatable bonds is 5. The van der Waals surface area contributed by atoms with Crippen LogP contribution in [0, 0.1) is 0 Å². The van der Waals surface area contributed by atoms with Crippen LogP contribution in [0.3, 0.4) is 0 Å². The standard InChI is InChI=1S/C18H22N4O2S/c1-21(2)17(23)16-11-14(9-10-19-16)20-18(24)22(3)12-13-5-7-15(25-4)8-6-13/h5-11H,12H2,1-4H3,(H,19,20,24). The molecule has 1 N–H and O–H groups in total. The molecule has 6 nitrogen and oxygen atoms in total. The quantitative estimate of drug-likeness (QED) is 0.834. The van der Waals surface area contributed by atoms with Crippen molar-refractivity contribution in [2.45, 2.75) is 11.4 Å². The van der Waals surface area contributed by atoms with E-state index in [9.17, 15) is 9.59 Å². The third-order valence-corrected chi connectivity index (χ3v) is 4.31. The zero-order valence-corrected chi connectivity index (χ0v) is 15.6. The predicted molar refractivity (Wildman–Crippen MR) is 101 cm³/mol. The average Bonchev–Trinajstić information content (AvgIpc) is 2.61. The minimum atomic E-state index is -0.247.